The summed E-state index contributed by atoms with van der Waals surface area (Å²) in [6.45, 7) is 2.51. The quantitative estimate of drug-likeness (QED) is 0.738. The second-order valence-electron chi connectivity index (χ2n) is 4.35. The Balaban J connectivity index is 2.23. The van der Waals surface area contributed by atoms with E-state index in [1.54, 1.807) is 7.05 Å². The highest BCUT2D eigenvalue weighted by molar-refractivity contribution is 4.86. The molecule has 0 aliphatic carbocycles. The minimum Gasteiger partial charge on any atom is -0.317 e. The standard InChI is InChI=1S/C11H17N3O2/c1-13-7-4-10(15)14(11(13)16)8-9-2-5-12-6-3-9/h4,7,9,12H,2-3,5-6,8H2,1H3. The number of hydrogen-bond donors (Lipinski definition) is 1. The summed E-state index contributed by atoms with van der Waals surface area (Å²) >= 11 is 0. The highest BCUT2D eigenvalue weighted by atomic mass is 16.2. The van der Waals surface area contributed by atoms with Crippen LogP contribution in [-0.4, -0.2) is 22.2 Å². The lowest BCUT2D eigenvalue weighted by Crippen LogP contribution is -2.41. The number of aryl methyl sites for hydroxylation is 1. The van der Waals surface area contributed by atoms with Gasteiger partial charge in [-0.3, -0.25) is 9.36 Å². The van der Waals surface area contributed by atoms with Gasteiger partial charge in [-0.2, -0.15) is 0 Å². The molecule has 5 nitrogen and oxygen atoms in total. The van der Waals surface area contributed by atoms with Crippen molar-refractivity contribution >= 4 is 0 Å². The Morgan fingerprint density at radius 3 is 2.75 bits per heavy atom. The van der Waals surface area contributed by atoms with Gasteiger partial charge in [0.2, 0.25) is 0 Å². The summed E-state index contributed by atoms with van der Waals surface area (Å²) in [6.07, 6.45) is 3.58. The van der Waals surface area contributed by atoms with Gasteiger partial charge in [-0.25, -0.2) is 4.79 Å². The largest absolute Gasteiger partial charge is 0.330 e. The molecule has 0 radical (unpaired) electrons. The molecule has 0 atom stereocenters. The predicted octanol–water partition coefficient (Wildman–Crippen LogP) is -0.453. The molecule has 0 amide bonds. The zero-order valence-electron chi connectivity index (χ0n) is 9.48. The molecule has 0 aromatic carbocycles. The Morgan fingerprint density at radius 2 is 2.06 bits per heavy atom. The Kier molecular flexibility index (Phi) is 3.24. The van der Waals surface area contributed by atoms with Crippen LogP contribution in [0.4, 0.5) is 0 Å². The number of piperidine rings is 1. The van der Waals surface area contributed by atoms with Crippen molar-refractivity contribution in [2.75, 3.05) is 13.1 Å². The summed E-state index contributed by atoms with van der Waals surface area (Å²) in [4.78, 5) is 23.4. The van der Waals surface area contributed by atoms with Crippen LogP contribution in [0, 0.1) is 5.92 Å². The number of aromatic nitrogens is 2. The van der Waals surface area contributed by atoms with Gasteiger partial charge in [0.15, 0.2) is 0 Å². The molecule has 16 heavy (non-hydrogen) atoms. The van der Waals surface area contributed by atoms with Crippen LogP contribution in [0.5, 0.6) is 0 Å². The molecule has 1 aromatic heterocycles. The average molecular weight is 223 g/mol. The second-order valence-corrected chi connectivity index (χ2v) is 4.35. The van der Waals surface area contributed by atoms with Crippen LogP contribution in [0.3, 0.4) is 0 Å². The maximum atomic E-state index is 11.8. The van der Waals surface area contributed by atoms with E-state index in [2.05, 4.69) is 5.32 Å². The van der Waals surface area contributed by atoms with E-state index in [0.29, 0.717) is 12.5 Å². The van der Waals surface area contributed by atoms with Crippen LogP contribution in [0.25, 0.3) is 0 Å². The predicted molar refractivity (Wildman–Crippen MR) is 61.5 cm³/mol. The van der Waals surface area contributed by atoms with Crippen LogP contribution in [0.15, 0.2) is 21.9 Å². The molecule has 1 fully saturated rings. The molecule has 0 bridgehead atoms. The molecule has 1 aromatic rings. The summed E-state index contributed by atoms with van der Waals surface area (Å²) in [5.41, 5.74) is -0.410. The molecule has 88 valence electrons. The van der Waals surface area contributed by atoms with Crippen molar-refractivity contribution in [3.05, 3.63) is 33.1 Å². The van der Waals surface area contributed by atoms with Crippen LogP contribution in [0.2, 0.25) is 0 Å². The molecular formula is C11H17N3O2. The third kappa shape index (κ3) is 2.24. The molecule has 2 rings (SSSR count). The first kappa shape index (κ1) is 11.1. The van der Waals surface area contributed by atoms with Crippen LogP contribution < -0.4 is 16.6 Å². The number of nitrogens with one attached hydrogen (secondary N) is 1. The van der Waals surface area contributed by atoms with E-state index in [0.717, 1.165) is 25.9 Å². The number of rotatable bonds is 2. The third-order valence-corrected chi connectivity index (χ3v) is 3.14. The maximum Gasteiger partial charge on any atom is 0.330 e. The Labute approximate surface area is 93.7 Å². The summed E-state index contributed by atoms with van der Waals surface area (Å²) in [7, 11) is 1.67. The van der Waals surface area contributed by atoms with Crippen LogP contribution in [-0.2, 0) is 13.6 Å². The van der Waals surface area contributed by atoms with Gasteiger partial charge >= 0.3 is 5.69 Å². The minimum atomic E-state index is -0.217. The highest BCUT2D eigenvalue weighted by Crippen LogP contribution is 2.12. The normalized spacial score (nSPS) is 17.6. The fourth-order valence-electron chi connectivity index (χ4n) is 2.10. The lowest BCUT2D eigenvalue weighted by Gasteiger charge is -2.22. The topological polar surface area (TPSA) is 56.0 Å². The molecule has 1 saturated heterocycles. The summed E-state index contributed by atoms with van der Waals surface area (Å²) in [5, 5.41) is 3.27. The van der Waals surface area contributed by atoms with Crippen molar-refractivity contribution in [1.29, 1.82) is 0 Å². The van der Waals surface area contributed by atoms with Crippen LogP contribution in [0.1, 0.15) is 12.8 Å². The molecule has 1 N–H and O–H groups in total. The first-order chi connectivity index (χ1) is 7.68. The molecule has 1 aliphatic rings. The van der Waals surface area contributed by atoms with E-state index < -0.39 is 0 Å². The van der Waals surface area contributed by atoms with E-state index in [4.69, 9.17) is 0 Å². The van der Waals surface area contributed by atoms with Crippen molar-refractivity contribution in [2.45, 2.75) is 19.4 Å². The molecule has 0 saturated carbocycles. The highest BCUT2D eigenvalue weighted by Gasteiger charge is 2.15. The van der Waals surface area contributed by atoms with Gasteiger partial charge < -0.3 is 9.88 Å². The maximum absolute atomic E-state index is 11.8. The van der Waals surface area contributed by atoms with Crippen molar-refractivity contribution in [3.8, 4) is 0 Å². The Bertz CT molecular complexity index is 469. The number of nitrogens with zero attached hydrogens (tertiary/aromatic N) is 2. The Hall–Kier alpha value is -1.36. The van der Waals surface area contributed by atoms with Gasteiger partial charge in [0, 0.05) is 25.9 Å². The molecule has 0 unspecified atom stereocenters. The van der Waals surface area contributed by atoms with E-state index in [-0.39, 0.29) is 11.2 Å². The van der Waals surface area contributed by atoms with Gasteiger partial charge in [-0.1, -0.05) is 0 Å². The Morgan fingerprint density at radius 1 is 1.38 bits per heavy atom. The molecule has 2 heterocycles. The summed E-state index contributed by atoms with van der Waals surface area (Å²) in [5.74, 6) is 0.439. The third-order valence-electron chi connectivity index (χ3n) is 3.14. The second kappa shape index (κ2) is 4.65. The molecule has 1 aliphatic heterocycles. The van der Waals surface area contributed by atoms with Crippen molar-refractivity contribution < 1.29 is 0 Å². The summed E-state index contributed by atoms with van der Waals surface area (Å²) in [6, 6.07) is 1.45. The zero-order valence-corrected chi connectivity index (χ0v) is 9.48. The fourth-order valence-corrected chi connectivity index (χ4v) is 2.10. The van der Waals surface area contributed by atoms with Gasteiger partial charge in [0.25, 0.3) is 5.56 Å². The first-order valence-electron chi connectivity index (χ1n) is 5.65. The van der Waals surface area contributed by atoms with Crippen LogP contribution >= 0.6 is 0 Å². The molecular weight excluding hydrogens is 206 g/mol. The van der Waals surface area contributed by atoms with Crippen molar-refractivity contribution in [2.24, 2.45) is 13.0 Å². The van der Waals surface area contributed by atoms with Gasteiger partial charge in [0.05, 0.1) is 0 Å². The van der Waals surface area contributed by atoms with Gasteiger partial charge in [0.1, 0.15) is 0 Å². The van der Waals surface area contributed by atoms with E-state index in [1.807, 2.05) is 0 Å². The average Bonchev–Trinajstić information content (AvgIpc) is 2.31. The van der Waals surface area contributed by atoms with Crippen molar-refractivity contribution in [3.63, 3.8) is 0 Å². The molecule has 5 heteroatoms. The first-order valence-corrected chi connectivity index (χ1v) is 5.65. The SMILES string of the molecule is Cn1ccc(=O)n(CC2CCNCC2)c1=O. The van der Waals surface area contributed by atoms with Gasteiger partial charge in [-0.05, 0) is 31.8 Å². The van der Waals surface area contributed by atoms with E-state index in [9.17, 15) is 9.59 Å². The fraction of sp³-hybridized carbons (Fsp3) is 0.636. The van der Waals surface area contributed by atoms with Crippen molar-refractivity contribution in [1.82, 2.24) is 14.5 Å². The van der Waals surface area contributed by atoms with Gasteiger partial charge in [-0.15, -0.1) is 0 Å². The summed E-state index contributed by atoms with van der Waals surface area (Å²) < 4.78 is 2.79. The minimum absolute atomic E-state index is 0.193. The zero-order chi connectivity index (χ0) is 11.5. The lowest BCUT2D eigenvalue weighted by molar-refractivity contribution is 0.322. The van der Waals surface area contributed by atoms with E-state index in [1.165, 1.54) is 21.4 Å². The van der Waals surface area contributed by atoms with E-state index >= 15 is 0 Å². The monoisotopic (exact) mass is 223 g/mol. The smallest absolute Gasteiger partial charge is 0.317 e. The lowest BCUT2D eigenvalue weighted by atomic mass is 9.98. The number of hydrogen-bond acceptors (Lipinski definition) is 3. The molecule has 0 spiro atoms.